The number of rotatable bonds is 5. The van der Waals surface area contributed by atoms with Gasteiger partial charge in [-0.1, -0.05) is 18.2 Å². The average molecular weight is 329 g/mol. The van der Waals surface area contributed by atoms with Crippen LogP contribution in [0.4, 0.5) is 5.69 Å². The third-order valence-electron chi connectivity index (χ3n) is 3.63. The summed E-state index contributed by atoms with van der Waals surface area (Å²) in [6, 6.07) is 7.92. The molecule has 23 heavy (non-hydrogen) atoms. The van der Waals surface area contributed by atoms with Crippen molar-refractivity contribution >= 4 is 29.0 Å². The van der Waals surface area contributed by atoms with Crippen LogP contribution in [0.15, 0.2) is 41.2 Å². The topological polar surface area (TPSA) is 54.5 Å². The van der Waals surface area contributed by atoms with Gasteiger partial charge in [-0.2, -0.15) is 0 Å². The standard InChI is InChI=1S/C17H19N3O2S/c21-17(6-5-15-12-23-13-18-15)19-16-4-2-1-3-14(16)11-20-7-9-22-10-8-20/h1-6,12-13H,7-11H2,(H,19,21). The Hall–Kier alpha value is -2.02. The number of nitrogens with one attached hydrogen (secondary N) is 1. The number of aromatic nitrogens is 1. The van der Waals surface area contributed by atoms with Crippen LogP contribution in [0.25, 0.3) is 6.08 Å². The van der Waals surface area contributed by atoms with Gasteiger partial charge in [-0.05, 0) is 17.7 Å². The molecule has 1 aromatic heterocycles. The van der Waals surface area contributed by atoms with Crippen LogP contribution in [0.5, 0.6) is 0 Å². The Kier molecular flexibility index (Phi) is 5.52. The second kappa shape index (κ2) is 8.01. The zero-order valence-electron chi connectivity index (χ0n) is 12.8. The van der Waals surface area contributed by atoms with Crippen molar-refractivity contribution in [2.45, 2.75) is 6.54 Å². The van der Waals surface area contributed by atoms with Gasteiger partial charge in [0.15, 0.2) is 0 Å². The van der Waals surface area contributed by atoms with Gasteiger partial charge in [0.25, 0.3) is 0 Å². The minimum absolute atomic E-state index is 0.146. The highest BCUT2D eigenvalue weighted by Gasteiger charge is 2.13. The van der Waals surface area contributed by atoms with Gasteiger partial charge >= 0.3 is 0 Å². The van der Waals surface area contributed by atoms with Crippen LogP contribution < -0.4 is 5.32 Å². The zero-order valence-corrected chi connectivity index (χ0v) is 13.6. The van der Waals surface area contributed by atoms with E-state index in [4.69, 9.17) is 4.74 Å². The third kappa shape index (κ3) is 4.72. The second-order valence-corrected chi connectivity index (χ2v) is 6.00. The molecule has 0 unspecified atom stereocenters. The minimum Gasteiger partial charge on any atom is -0.379 e. The van der Waals surface area contributed by atoms with Gasteiger partial charge in [0, 0.05) is 36.8 Å². The molecule has 1 aliphatic rings. The Bertz CT molecular complexity index is 664. The van der Waals surface area contributed by atoms with Crippen LogP contribution in [0.1, 0.15) is 11.3 Å². The summed E-state index contributed by atoms with van der Waals surface area (Å²) < 4.78 is 5.37. The van der Waals surface area contributed by atoms with Crippen LogP contribution >= 0.6 is 11.3 Å². The van der Waals surface area contributed by atoms with E-state index in [2.05, 4.69) is 21.3 Å². The van der Waals surface area contributed by atoms with Gasteiger partial charge in [0.1, 0.15) is 0 Å². The summed E-state index contributed by atoms with van der Waals surface area (Å²) in [5, 5.41) is 4.85. The Morgan fingerprint density at radius 3 is 2.96 bits per heavy atom. The van der Waals surface area contributed by atoms with Crippen LogP contribution in [-0.4, -0.2) is 42.1 Å². The molecule has 0 radical (unpaired) electrons. The molecular formula is C17H19N3O2S. The van der Waals surface area contributed by atoms with Crippen LogP contribution in [-0.2, 0) is 16.1 Å². The fraction of sp³-hybridized carbons (Fsp3) is 0.294. The van der Waals surface area contributed by atoms with Crippen molar-refractivity contribution in [3.05, 3.63) is 52.5 Å². The van der Waals surface area contributed by atoms with Crippen molar-refractivity contribution in [2.75, 3.05) is 31.6 Å². The van der Waals surface area contributed by atoms with E-state index in [0.29, 0.717) is 0 Å². The average Bonchev–Trinajstić information content (AvgIpc) is 3.09. The van der Waals surface area contributed by atoms with Gasteiger partial charge < -0.3 is 10.1 Å². The number of para-hydroxylation sites is 1. The largest absolute Gasteiger partial charge is 0.379 e. The van der Waals surface area contributed by atoms with Crippen molar-refractivity contribution in [3.8, 4) is 0 Å². The Balaban J connectivity index is 1.63. The first-order chi connectivity index (χ1) is 11.3. The molecule has 0 saturated carbocycles. The molecule has 1 aliphatic heterocycles. The normalized spacial score (nSPS) is 15.8. The molecule has 1 saturated heterocycles. The lowest BCUT2D eigenvalue weighted by Gasteiger charge is -2.27. The van der Waals surface area contributed by atoms with Gasteiger partial charge in [-0.3, -0.25) is 9.69 Å². The number of anilines is 1. The molecule has 1 N–H and O–H groups in total. The fourth-order valence-corrected chi connectivity index (χ4v) is 2.94. The molecular weight excluding hydrogens is 310 g/mol. The van der Waals surface area contributed by atoms with E-state index in [0.717, 1.165) is 49.8 Å². The van der Waals surface area contributed by atoms with E-state index >= 15 is 0 Å². The number of carbonyl (C=O) groups excluding carboxylic acids is 1. The Morgan fingerprint density at radius 2 is 2.17 bits per heavy atom. The Labute approximate surface area is 139 Å². The predicted molar refractivity (Wildman–Crippen MR) is 92.3 cm³/mol. The van der Waals surface area contributed by atoms with E-state index in [1.54, 1.807) is 11.6 Å². The van der Waals surface area contributed by atoms with E-state index in [9.17, 15) is 4.79 Å². The maximum atomic E-state index is 12.1. The number of nitrogens with zero attached hydrogens (tertiary/aromatic N) is 2. The lowest BCUT2D eigenvalue weighted by atomic mass is 10.1. The second-order valence-electron chi connectivity index (χ2n) is 5.28. The van der Waals surface area contributed by atoms with Crippen molar-refractivity contribution in [3.63, 3.8) is 0 Å². The van der Waals surface area contributed by atoms with Gasteiger partial charge in [-0.15, -0.1) is 11.3 Å². The maximum absolute atomic E-state index is 12.1. The van der Waals surface area contributed by atoms with Crippen LogP contribution in [0.3, 0.4) is 0 Å². The highest BCUT2D eigenvalue weighted by Crippen LogP contribution is 2.18. The van der Waals surface area contributed by atoms with Gasteiger partial charge in [0.2, 0.25) is 5.91 Å². The van der Waals surface area contributed by atoms with E-state index < -0.39 is 0 Å². The van der Waals surface area contributed by atoms with E-state index in [1.807, 2.05) is 23.6 Å². The number of carbonyl (C=O) groups is 1. The number of amides is 1. The first kappa shape index (κ1) is 15.9. The molecule has 0 atom stereocenters. The molecule has 120 valence electrons. The molecule has 0 aliphatic carbocycles. The molecule has 6 heteroatoms. The molecule has 0 bridgehead atoms. The number of morpholine rings is 1. The highest BCUT2D eigenvalue weighted by atomic mass is 32.1. The SMILES string of the molecule is O=C(C=Cc1cscn1)Nc1ccccc1CN1CCOCC1. The minimum atomic E-state index is -0.146. The molecule has 5 nitrogen and oxygen atoms in total. The molecule has 1 fully saturated rings. The zero-order chi connectivity index (χ0) is 15.9. The number of hydrogen-bond acceptors (Lipinski definition) is 5. The number of hydrogen-bond donors (Lipinski definition) is 1. The first-order valence-electron chi connectivity index (χ1n) is 7.56. The molecule has 2 aromatic rings. The quantitative estimate of drug-likeness (QED) is 0.857. The summed E-state index contributed by atoms with van der Waals surface area (Å²) in [6.45, 7) is 4.20. The van der Waals surface area contributed by atoms with Crippen LogP contribution in [0, 0.1) is 0 Å². The predicted octanol–water partition coefficient (Wildman–Crippen LogP) is 2.63. The smallest absolute Gasteiger partial charge is 0.248 e. The van der Waals surface area contributed by atoms with Crippen molar-refractivity contribution in [1.82, 2.24) is 9.88 Å². The molecule has 2 heterocycles. The third-order valence-corrected chi connectivity index (χ3v) is 4.23. The van der Waals surface area contributed by atoms with E-state index in [-0.39, 0.29) is 5.91 Å². The molecule has 3 rings (SSSR count). The highest BCUT2D eigenvalue weighted by molar-refractivity contribution is 7.07. The summed E-state index contributed by atoms with van der Waals surface area (Å²) in [4.78, 5) is 18.6. The number of ether oxygens (including phenoxy) is 1. The first-order valence-corrected chi connectivity index (χ1v) is 8.51. The lowest BCUT2D eigenvalue weighted by molar-refractivity contribution is -0.111. The summed E-state index contributed by atoms with van der Waals surface area (Å²) in [5.74, 6) is -0.146. The number of thiazole rings is 1. The van der Waals surface area contributed by atoms with Gasteiger partial charge in [0.05, 0.1) is 24.4 Å². The van der Waals surface area contributed by atoms with Gasteiger partial charge in [-0.25, -0.2) is 4.98 Å². The molecule has 0 spiro atoms. The molecule has 1 aromatic carbocycles. The lowest BCUT2D eigenvalue weighted by Crippen LogP contribution is -2.35. The summed E-state index contributed by atoms with van der Waals surface area (Å²) in [7, 11) is 0. The van der Waals surface area contributed by atoms with Crippen molar-refractivity contribution in [2.24, 2.45) is 0 Å². The Morgan fingerprint density at radius 1 is 1.35 bits per heavy atom. The van der Waals surface area contributed by atoms with Crippen LogP contribution in [0.2, 0.25) is 0 Å². The summed E-state index contributed by atoms with van der Waals surface area (Å²) >= 11 is 1.51. The molecule has 1 amide bonds. The summed E-state index contributed by atoms with van der Waals surface area (Å²) in [5.41, 5.74) is 4.51. The fourth-order valence-electron chi connectivity index (χ4n) is 2.42. The maximum Gasteiger partial charge on any atom is 0.248 e. The van der Waals surface area contributed by atoms with Crippen molar-refractivity contribution < 1.29 is 9.53 Å². The monoisotopic (exact) mass is 329 g/mol. The number of benzene rings is 1. The van der Waals surface area contributed by atoms with Crippen molar-refractivity contribution in [1.29, 1.82) is 0 Å². The van der Waals surface area contributed by atoms with E-state index in [1.165, 1.54) is 17.4 Å². The summed E-state index contributed by atoms with van der Waals surface area (Å²) in [6.07, 6.45) is 3.23.